The largest absolute Gasteiger partial charge is 0.376 e. The van der Waals surface area contributed by atoms with E-state index in [1.807, 2.05) is 0 Å². The van der Waals surface area contributed by atoms with E-state index >= 15 is 0 Å². The van der Waals surface area contributed by atoms with Crippen LogP contribution in [0.15, 0.2) is 0 Å². The molecule has 1 rings (SSSR count). The zero-order valence-electron chi connectivity index (χ0n) is 9.53. The Hall–Kier alpha value is -0.810. The number of halogens is 1. The summed E-state index contributed by atoms with van der Waals surface area (Å²) in [6, 6.07) is -0.437. The number of alkyl halides is 1. The molecule has 2 unspecified atom stereocenters. The Morgan fingerprint density at radius 1 is 1.62 bits per heavy atom. The van der Waals surface area contributed by atoms with E-state index in [-0.39, 0.29) is 6.10 Å². The molecule has 1 saturated heterocycles. The minimum atomic E-state index is -0.708. The highest BCUT2D eigenvalue weighted by molar-refractivity contribution is 6.31. The highest BCUT2D eigenvalue weighted by Crippen LogP contribution is 2.12. The van der Waals surface area contributed by atoms with Gasteiger partial charge >= 0.3 is 6.03 Å². The van der Waals surface area contributed by atoms with Crippen molar-refractivity contribution in [2.24, 2.45) is 0 Å². The lowest BCUT2D eigenvalue weighted by Crippen LogP contribution is -2.45. The third kappa shape index (κ3) is 3.98. The molecule has 1 N–H and O–H groups in total. The van der Waals surface area contributed by atoms with Crippen molar-refractivity contribution in [2.45, 2.75) is 31.2 Å². The highest BCUT2D eigenvalue weighted by Gasteiger charge is 2.21. The van der Waals surface area contributed by atoms with E-state index in [0.717, 1.165) is 19.4 Å². The van der Waals surface area contributed by atoms with Crippen LogP contribution >= 0.6 is 11.6 Å². The number of likely N-dealkylation sites (N-methyl/N-ethyl adjacent to an activating group) is 1. The number of hydrogen-bond acceptors (Lipinski definition) is 3. The van der Waals surface area contributed by atoms with Gasteiger partial charge in [-0.05, 0) is 19.8 Å². The maximum Gasteiger partial charge on any atom is 0.323 e. The van der Waals surface area contributed by atoms with Gasteiger partial charge in [-0.15, -0.1) is 11.6 Å². The fourth-order valence-electron chi connectivity index (χ4n) is 1.48. The molecule has 0 aromatic rings. The number of hydrogen-bond donors (Lipinski definition) is 1. The molecule has 0 saturated carbocycles. The van der Waals surface area contributed by atoms with Gasteiger partial charge in [0.1, 0.15) is 5.38 Å². The van der Waals surface area contributed by atoms with Gasteiger partial charge in [0, 0.05) is 20.2 Å². The van der Waals surface area contributed by atoms with Crippen LogP contribution in [0, 0.1) is 0 Å². The van der Waals surface area contributed by atoms with Gasteiger partial charge < -0.3 is 9.64 Å². The van der Waals surface area contributed by atoms with Crippen LogP contribution in [-0.4, -0.2) is 48.5 Å². The minimum Gasteiger partial charge on any atom is -0.376 e. The maximum absolute atomic E-state index is 11.5. The van der Waals surface area contributed by atoms with Gasteiger partial charge in [0.2, 0.25) is 5.91 Å². The second-order valence-corrected chi connectivity index (χ2v) is 4.58. The molecule has 0 bridgehead atoms. The lowest BCUT2D eigenvalue weighted by Gasteiger charge is -2.20. The number of amides is 3. The molecule has 16 heavy (non-hydrogen) atoms. The van der Waals surface area contributed by atoms with Crippen LogP contribution in [0.4, 0.5) is 4.79 Å². The molecule has 5 nitrogen and oxygen atoms in total. The quantitative estimate of drug-likeness (QED) is 0.757. The van der Waals surface area contributed by atoms with Crippen molar-refractivity contribution in [3.05, 3.63) is 0 Å². The summed E-state index contributed by atoms with van der Waals surface area (Å²) >= 11 is 5.54. The van der Waals surface area contributed by atoms with E-state index in [4.69, 9.17) is 16.3 Å². The molecule has 3 amide bonds. The number of nitrogens with zero attached hydrogens (tertiary/aromatic N) is 1. The van der Waals surface area contributed by atoms with E-state index in [1.165, 1.54) is 11.8 Å². The zero-order valence-corrected chi connectivity index (χ0v) is 10.3. The molecule has 6 heteroatoms. The van der Waals surface area contributed by atoms with Gasteiger partial charge in [0.05, 0.1) is 6.10 Å². The van der Waals surface area contributed by atoms with Crippen molar-refractivity contribution in [3.63, 3.8) is 0 Å². The van der Waals surface area contributed by atoms with Crippen LogP contribution < -0.4 is 5.32 Å². The molecule has 1 aliphatic heterocycles. The lowest BCUT2D eigenvalue weighted by atomic mass is 10.2. The summed E-state index contributed by atoms with van der Waals surface area (Å²) in [6.45, 7) is 2.76. The fraction of sp³-hybridized carbons (Fsp3) is 0.800. The van der Waals surface area contributed by atoms with Crippen molar-refractivity contribution in [1.29, 1.82) is 0 Å². The van der Waals surface area contributed by atoms with Crippen molar-refractivity contribution < 1.29 is 14.3 Å². The first-order valence-corrected chi connectivity index (χ1v) is 5.76. The molecule has 0 aromatic heterocycles. The molecule has 1 heterocycles. The second-order valence-electron chi connectivity index (χ2n) is 3.93. The molecular weight excluding hydrogens is 232 g/mol. The van der Waals surface area contributed by atoms with Crippen LogP contribution in [0.25, 0.3) is 0 Å². The minimum absolute atomic E-state index is 0.0827. The first kappa shape index (κ1) is 13.3. The predicted octanol–water partition coefficient (Wildman–Crippen LogP) is 0.961. The fourth-order valence-corrected chi connectivity index (χ4v) is 1.53. The Morgan fingerprint density at radius 3 is 2.81 bits per heavy atom. The summed E-state index contributed by atoms with van der Waals surface area (Å²) in [7, 11) is 1.63. The summed E-state index contributed by atoms with van der Waals surface area (Å²) in [5.74, 6) is -0.481. The van der Waals surface area contributed by atoms with Crippen molar-refractivity contribution in [1.82, 2.24) is 10.2 Å². The van der Waals surface area contributed by atoms with Gasteiger partial charge in [-0.1, -0.05) is 0 Å². The van der Waals surface area contributed by atoms with Crippen molar-refractivity contribution in [3.8, 4) is 0 Å². The summed E-state index contributed by atoms with van der Waals surface area (Å²) < 4.78 is 5.39. The molecule has 0 spiro atoms. The van der Waals surface area contributed by atoms with Crippen LogP contribution in [0.5, 0.6) is 0 Å². The summed E-state index contributed by atoms with van der Waals surface area (Å²) in [4.78, 5) is 24.1. The number of carbonyl (C=O) groups excluding carboxylic acids is 2. The van der Waals surface area contributed by atoms with Gasteiger partial charge in [-0.25, -0.2) is 4.79 Å². The van der Waals surface area contributed by atoms with Crippen LogP contribution in [-0.2, 0) is 9.53 Å². The molecular formula is C10H17ClN2O3. The van der Waals surface area contributed by atoms with Crippen LogP contribution in [0.2, 0.25) is 0 Å². The topological polar surface area (TPSA) is 58.6 Å². The van der Waals surface area contributed by atoms with Crippen molar-refractivity contribution >= 4 is 23.5 Å². The summed E-state index contributed by atoms with van der Waals surface area (Å²) in [6.07, 6.45) is 2.06. The Balaban J connectivity index is 2.32. The third-order valence-electron chi connectivity index (χ3n) is 2.44. The normalized spacial score (nSPS) is 21.6. The van der Waals surface area contributed by atoms with E-state index in [1.54, 1.807) is 7.05 Å². The molecule has 1 aliphatic rings. The average molecular weight is 249 g/mol. The molecule has 0 aromatic carbocycles. The van der Waals surface area contributed by atoms with Gasteiger partial charge in [-0.3, -0.25) is 10.1 Å². The Labute approximate surface area is 100 Å². The maximum atomic E-state index is 11.5. The molecule has 2 atom stereocenters. The standard InChI is InChI=1S/C10H17ClN2O3/c1-7(11)9(14)12-10(15)13(2)6-8-4-3-5-16-8/h7-8H,3-6H2,1-2H3,(H,12,14,15). The number of urea groups is 1. The summed E-state index contributed by atoms with van der Waals surface area (Å²) in [5, 5.41) is 1.51. The monoisotopic (exact) mass is 248 g/mol. The molecule has 0 aliphatic carbocycles. The Morgan fingerprint density at radius 2 is 2.31 bits per heavy atom. The molecule has 1 fully saturated rings. The van der Waals surface area contributed by atoms with E-state index in [9.17, 15) is 9.59 Å². The first-order valence-electron chi connectivity index (χ1n) is 5.32. The summed E-state index contributed by atoms with van der Waals surface area (Å²) in [5.41, 5.74) is 0. The average Bonchev–Trinajstić information content (AvgIpc) is 2.69. The number of ether oxygens (including phenoxy) is 1. The van der Waals surface area contributed by atoms with Gasteiger partial charge in [-0.2, -0.15) is 0 Å². The number of rotatable bonds is 3. The Bertz CT molecular complexity index is 265. The lowest BCUT2D eigenvalue weighted by molar-refractivity contribution is -0.119. The predicted molar refractivity (Wildman–Crippen MR) is 60.5 cm³/mol. The van der Waals surface area contributed by atoms with Crippen molar-refractivity contribution in [2.75, 3.05) is 20.2 Å². The van der Waals surface area contributed by atoms with Gasteiger partial charge in [0.25, 0.3) is 0 Å². The SMILES string of the molecule is CC(Cl)C(=O)NC(=O)N(C)CC1CCCO1. The van der Waals surface area contributed by atoms with E-state index < -0.39 is 17.3 Å². The van der Waals surface area contributed by atoms with Crippen LogP contribution in [0.1, 0.15) is 19.8 Å². The number of nitrogens with one attached hydrogen (secondary N) is 1. The first-order chi connectivity index (χ1) is 7.50. The molecule has 0 radical (unpaired) electrons. The van der Waals surface area contributed by atoms with E-state index in [0.29, 0.717) is 6.54 Å². The molecule has 92 valence electrons. The number of carbonyl (C=O) groups is 2. The van der Waals surface area contributed by atoms with Gasteiger partial charge in [0.15, 0.2) is 0 Å². The van der Waals surface area contributed by atoms with E-state index in [2.05, 4.69) is 5.32 Å². The Kier molecular flexibility index (Phi) is 5.02. The third-order valence-corrected chi connectivity index (χ3v) is 2.64. The number of imide groups is 1. The van der Waals surface area contributed by atoms with Crippen LogP contribution in [0.3, 0.4) is 0 Å². The highest BCUT2D eigenvalue weighted by atomic mass is 35.5. The zero-order chi connectivity index (χ0) is 12.1. The smallest absolute Gasteiger partial charge is 0.323 e. The second kappa shape index (κ2) is 6.06.